The van der Waals surface area contributed by atoms with Gasteiger partial charge in [0.15, 0.2) is 5.82 Å². The van der Waals surface area contributed by atoms with Gasteiger partial charge < -0.3 is 10.5 Å². The molecule has 1 fully saturated rings. The van der Waals surface area contributed by atoms with Crippen LogP contribution in [0.2, 0.25) is 0 Å². The van der Waals surface area contributed by atoms with E-state index in [1.54, 1.807) is 6.20 Å². The normalized spacial score (nSPS) is 19.2. The van der Waals surface area contributed by atoms with E-state index in [4.69, 9.17) is 10.5 Å². The molecule has 2 rings (SSSR count). The van der Waals surface area contributed by atoms with E-state index in [0.29, 0.717) is 12.4 Å². The van der Waals surface area contributed by atoms with E-state index in [9.17, 15) is 0 Å². The smallest absolute Gasteiger partial charge is 0.162 e. The van der Waals surface area contributed by atoms with Crippen molar-refractivity contribution in [2.45, 2.75) is 44.6 Å². The quantitative estimate of drug-likeness (QED) is 0.855. The second-order valence-corrected chi connectivity index (χ2v) is 5.58. The third kappa shape index (κ3) is 2.70. The van der Waals surface area contributed by atoms with Gasteiger partial charge in [0, 0.05) is 12.8 Å². The molecule has 1 aromatic heterocycles. The van der Waals surface area contributed by atoms with Crippen LogP contribution in [0, 0.1) is 3.57 Å². The first-order valence-electron chi connectivity index (χ1n) is 6.10. The summed E-state index contributed by atoms with van der Waals surface area (Å²) in [5.74, 6) is 1.32. The van der Waals surface area contributed by atoms with Gasteiger partial charge in [-0.25, -0.2) is 9.97 Å². The van der Waals surface area contributed by atoms with E-state index in [-0.39, 0.29) is 5.60 Å². The molecule has 0 atom stereocenters. The second kappa shape index (κ2) is 5.48. The van der Waals surface area contributed by atoms with Crippen molar-refractivity contribution in [3.05, 3.63) is 15.6 Å². The summed E-state index contributed by atoms with van der Waals surface area (Å²) in [6.07, 6.45) is 7.41. The lowest BCUT2D eigenvalue weighted by atomic mass is 9.84. The molecule has 0 spiro atoms. The molecule has 1 aliphatic carbocycles. The van der Waals surface area contributed by atoms with Crippen molar-refractivity contribution < 1.29 is 4.74 Å². The number of nitrogens with zero attached hydrogens (tertiary/aromatic N) is 2. The third-order valence-corrected chi connectivity index (χ3v) is 4.09. The van der Waals surface area contributed by atoms with E-state index < -0.39 is 0 Å². The highest BCUT2D eigenvalue weighted by atomic mass is 127. The van der Waals surface area contributed by atoms with Gasteiger partial charge in [-0.2, -0.15) is 0 Å². The van der Waals surface area contributed by atoms with Gasteiger partial charge >= 0.3 is 0 Å². The van der Waals surface area contributed by atoms with E-state index >= 15 is 0 Å². The topological polar surface area (TPSA) is 61.0 Å². The van der Waals surface area contributed by atoms with Crippen LogP contribution in [0.1, 0.15) is 44.9 Å². The summed E-state index contributed by atoms with van der Waals surface area (Å²) < 4.78 is 6.87. The molecule has 0 radical (unpaired) electrons. The van der Waals surface area contributed by atoms with Crippen molar-refractivity contribution in [1.82, 2.24) is 9.97 Å². The standard InChI is InChI=1S/C12H18IN3O/c1-2-17-12(6-4-3-5-7-12)11-15-8-9(13)10(14)16-11/h8H,2-7H2,1H3,(H2,14,15,16). The molecule has 1 saturated carbocycles. The summed E-state index contributed by atoms with van der Waals surface area (Å²) in [5, 5.41) is 0. The molecule has 1 heterocycles. The van der Waals surface area contributed by atoms with Crippen molar-refractivity contribution in [2.24, 2.45) is 0 Å². The monoisotopic (exact) mass is 347 g/mol. The van der Waals surface area contributed by atoms with Crippen molar-refractivity contribution >= 4 is 28.4 Å². The van der Waals surface area contributed by atoms with E-state index in [1.165, 1.54) is 19.3 Å². The summed E-state index contributed by atoms with van der Waals surface area (Å²) in [5.41, 5.74) is 5.57. The number of aromatic nitrogens is 2. The molecule has 94 valence electrons. The molecule has 0 aliphatic heterocycles. The van der Waals surface area contributed by atoms with Crippen molar-refractivity contribution in [2.75, 3.05) is 12.3 Å². The van der Waals surface area contributed by atoms with Crippen LogP contribution in [0.5, 0.6) is 0 Å². The van der Waals surface area contributed by atoms with Gasteiger partial charge in [-0.1, -0.05) is 19.3 Å². The molecule has 0 unspecified atom stereocenters. The molecule has 1 aromatic rings. The number of hydrogen-bond acceptors (Lipinski definition) is 4. The van der Waals surface area contributed by atoms with Crippen molar-refractivity contribution in [3.63, 3.8) is 0 Å². The average Bonchev–Trinajstić information content (AvgIpc) is 2.34. The Balaban J connectivity index is 2.34. The maximum Gasteiger partial charge on any atom is 0.162 e. The van der Waals surface area contributed by atoms with Crippen molar-refractivity contribution in [3.8, 4) is 0 Å². The number of anilines is 1. The maximum atomic E-state index is 5.97. The van der Waals surface area contributed by atoms with Crippen LogP contribution in [0.25, 0.3) is 0 Å². The molecule has 1 aliphatic rings. The number of ether oxygens (including phenoxy) is 1. The first-order chi connectivity index (χ1) is 8.18. The maximum absolute atomic E-state index is 5.97. The SMILES string of the molecule is CCOC1(c2ncc(I)c(N)n2)CCCCC1. The fourth-order valence-corrected chi connectivity index (χ4v) is 2.69. The number of hydrogen-bond donors (Lipinski definition) is 1. The summed E-state index contributed by atoms with van der Waals surface area (Å²) >= 11 is 2.15. The van der Waals surface area contributed by atoms with Gasteiger partial charge in [0.25, 0.3) is 0 Å². The highest BCUT2D eigenvalue weighted by Crippen LogP contribution is 2.39. The molecule has 0 bridgehead atoms. The third-order valence-electron chi connectivity index (χ3n) is 3.26. The second-order valence-electron chi connectivity index (χ2n) is 4.41. The Morgan fingerprint density at radius 1 is 1.41 bits per heavy atom. The van der Waals surface area contributed by atoms with Gasteiger partial charge in [0.05, 0.1) is 3.57 Å². The molecule has 0 saturated heterocycles. The predicted molar refractivity (Wildman–Crippen MR) is 75.6 cm³/mol. The predicted octanol–water partition coefficient (Wildman–Crippen LogP) is 2.86. The Bertz CT molecular complexity index is 386. The van der Waals surface area contributed by atoms with Crippen LogP contribution in [0.3, 0.4) is 0 Å². The fraction of sp³-hybridized carbons (Fsp3) is 0.667. The first kappa shape index (κ1) is 13.0. The Morgan fingerprint density at radius 2 is 2.12 bits per heavy atom. The Kier molecular flexibility index (Phi) is 4.19. The molecule has 17 heavy (non-hydrogen) atoms. The lowest BCUT2D eigenvalue weighted by Gasteiger charge is -2.35. The fourth-order valence-electron chi connectivity index (χ4n) is 2.43. The molecular formula is C12H18IN3O. The van der Waals surface area contributed by atoms with Gasteiger partial charge in [-0.3, -0.25) is 0 Å². The van der Waals surface area contributed by atoms with Gasteiger partial charge in [0.2, 0.25) is 0 Å². The van der Waals surface area contributed by atoms with Crippen LogP contribution in [-0.4, -0.2) is 16.6 Å². The zero-order valence-electron chi connectivity index (χ0n) is 10.1. The molecule has 4 nitrogen and oxygen atoms in total. The lowest BCUT2D eigenvalue weighted by Crippen LogP contribution is -2.34. The minimum atomic E-state index is -0.300. The van der Waals surface area contributed by atoms with E-state index in [1.807, 2.05) is 6.92 Å². The largest absolute Gasteiger partial charge is 0.383 e. The molecule has 0 aromatic carbocycles. The zero-order chi connectivity index (χ0) is 12.3. The summed E-state index contributed by atoms with van der Waals surface area (Å²) in [6.45, 7) is 2.71. The number of halogens is 1. The zero-order valence-corrected chi connectivity index (χ0v) is 12.2. The minimum Gasteiger partial charge on any atom is -0.383 e. The number of nitrogens with two attached hydrogens (primary N) is 1. The molecule has 5 heteroatoms. The van der Waals surface area contributed by atoms with Crippen LogP contribution in [-0.2, 0) is 10.3 Å². The lowest BCUT2D eigenvalue weighted by molar-refractivity contribution is -0.0766. The Hall–Kier alpha value is -0.430. The molecule has 0 amide bonds. The van der Waals surface area contributed by atoms with Crippen LogP contribution in [0.15, 0.2) is 6.20 Å². The van der Waals surface area contributed by atoms with Gasteiger partial charge in [0.1, 0.15) is 11.4 Å². The average molecular weight is 347 g/mol. The highest BCUT2D eigenvalue weighted by Gasteiger charge is 2.37. The highest BCUT2D eigenvalue weighted by molar-refractivity contribution is 14.1. The van der Waals surface area contributed by atoms with Crippen LogP contribution in [0.4, 0.5) is 5.82 Å². The number of rotatable bonds is 3. The molecular weight excluding hydrogens is 329 g/mol. The summed E-state index contributed by atoms with van der Waals surface area (Å²) in [7, 11) is 0. The van der Waals surface area contributed by atoms with Crippen molar-refractivity contribution in [1.29, 1.82) is 0 Å². The number of nitrogen functional groups attached to an aromatic ring is 1. The summed E-state index contributed by atoms with van der Waals surface area (Å²) in [6, 6.07) is 0. The minimum absolute atomic E-state index is 0.300. The van der Waals surface area contributed by atoms with E-state index in [0.717, 1.165) is 22.2 Å². The Labute approximate surface area is 115 Å². The van der Waals surface area contributed by atoms with Gasteiger partial charge in [-0.15, -0.1) is 0 Å². The summed E-state index contributed by atoms with van der Waals surface area (Å²) in [4.78, 5) is 8.85. The molecule has 2 N–H and O–H groups in total. The van der Waals surface area contributed by atoms with E-state index in [2.05, 4.69) is 32.6 Å². The van der Waals surface area contributed by atoms with Crippen LogP contribution < -0.4 is 5.73 Å². The Morgan fingerprint density at radius 3 is 2.71 bits per heavy atom. The van der Waals surface area contributed by atoms with Gasteiger partial charge in [-0.05, 0) is 42.4 Å². The van der Waals surface area contributed by atoms with Crippen LogP contribution >= 0.6 is 22.6 Å². The first-order valence-corrected chi connectivity index (χ1v) is 7.18.